The quantitative estimate of drug-likeness (QED) is 0.842. The smallest absolute Gasteiger partial charge is 0.0156 e. The number of fused-ring (bicyclic) bond motifs is 1. The first kappa shape index (κ1) is 13.9. The number of hydrogen-bond acceptors (Lipinski definition) is 2. The Morgan fingerprint density at radius 2 is 1.74 bits per heavy atom. The second-order valence-electron chi connectivity index (χ2n) is 8.08. The van der Waals surface area contributed by atoms with Crippen molar-refractivity contribution in [3.63, 3.8) is 0 Å². The third-order valence-corrected chi connectivity index (χ3v) is 6.31. The molecule has 2 heteroatoms. The molecule has 0 bridgehead atoms. The van der Waals surface area contributed by atoms with Gasteiger partial charge in [-0.25, -0.2) is 0 Å². The zero-order chi connectivity index (χ0) is 13.5. The molecule has 2 saturated carbocycles. The van der Waals surface area contributed by atoms with E-state index in [1.165, 1.54) is 58.2 Å². The van der Waals surface area contributed by atoms with Crippen LogP contribution in [0.2, 0.25) is 0 Å². The van der Waals surface area contributed by atoms with Gasteiger partial charge in [-0.05, 0) is 55.9 Å². The maximum atomic E-state index is 3.64. The van der Waals surface area contributed by atoms with Crippen LogP contribution in [0, 0.1) is 23.2 Å². The SMILES string of the molecule is CNC1C(CN2CC3CCCC3C2)CCCC1(C)C. The minimum absolute atomic E-state index is 0.479. The molecule has 0 aromatic carbocycles. The summed E-state index contributed by atoms with van der Waals surface area (Å²) in [5, 5.41) is 3.64. The fraction of sp³-hybridized carbons (Fsp3) is 1.00. The lowest BCUT2D eigenvalue weighted by Crippen LogP contribution is -2.51. The van der Waals surface area contributed by atoms with Gasteiger partial charge in [0.2, 0.25) is 0 Å². The fourth-order valence-electron chi connectivity index (χ4n) is 5.42. The average molecular weight is 264 g/mol. The Bertz CT molecular complexity index is 300. The van der Waals surface area contributed by atoms with Crippen LogP contribution in [0.4, 0.5) is 0 Å². The van der Waals surface area contributed by atoms with E-state index < -0.39 is 0 Å². The van der Waals surface area contributed by atoms with Crippen LogP contribution in [0.25, 0.3) is 0 Å². The third-order valence-electron chi connectivity index (χ3n) is 6.31. The van der Waals surface area contributed by atoms with Crippen LogP contribution in [0.5, 0.6) is 0 Å². The molecule has 3 aliphatic rings. The molecule has 2 aliphatic carbocycles. The van der Waals surface area contributed by atoms with Crippen molar-refractivity contribution in [2.45, 2.75) is 58.4 Å². The summed E-state index contributed by atoms with van der Waals surface area (Å²) in [7, 11) is 2.17. The molecule has 4 atom stereocenters. The van der Waals surface area contributed by atoms with Gasteiger partial charge in [0.25, 0.3) is 0 Å². The number of rotatable bonds is 3. The van der Waals surface area contributed by atoms with Crippen molar-refractivity contribution >= 4 is 0 Å². The molecule has 0 aromatic heterocycles. The summed E-state index contributed by atoms with van der Waals surface area (Å²) in [6, 6.07) is 0.710. The second kappa shape index (κ2) is 5.37. The number of hydrogen-bond donors (Lipinski definition) is 1. The Labute approximate surface area is 119 Å². The largest absolute Gasteiger partial charge is 0.316 e. The molecule has 4 unspecified atom stereocenters. The number of nitrogens with one attached hydrogen (secondary N) is 1. The average Bonchev–Trinajstić information content (AvgIpc) is 2.88. The van der Waals surface area contributed by atoms with Crippen LogP contribution in [0.1, 0.15) is 52.4 Å². The van der Waals surface area contributed by atoms with E-state index >= 15 is 0 Å². The molecule has 1 saturated heterocycles. The summed E-state index contributed by atoms with van der Waals surface area (Å²) in [5.41, 5.74) is 0.479. The Hall–Kier alpha value is -0.0800. The van der Waals surface area contributed by atoms with Crippen LogP contribution < -0.4 is 5.32 Å². The van der Waals surface area contributed by atoms with Crippen molar-refractivity contribution in [3.8, 4) is 0 Å². The monoisotopic (exact) mass is 264 g/mol. The summed E-state index contributed by atoms with van der Waals surface area (Å²) in [4.78, 5) is 2.80. The van der Waals surface area contributed by atoms with Gasteiger partial charge in [-0.3, -0.25) is 0 Å². The molecular formula is C17H32N2. The third kappa shape index (κ3) is 2.71. The first-order valence-electron chi connectivity index (χ1n) is 8.50. The molecule has 3 fully saturated rings. The predicted molar refractivity (Wildman–Crippen MR) is 81.2 cm³/mol. The van der Waals surface area contributed by atoms with Gasteiger partial charge in [0.15, 0.2) is 0 Å². The molecule has 0 radical (unpaired) electrons. The van der Waals surface area contributed by atoms with E-state index in [0.717, 1.165) is 17.8 Å². The van der Waals surface area contributed by atoms with Gasteiger partial charge in [0, 0.05) is 25.7 Å². The highest BCUT2D eigenvalue weighted by Gasteiger charge is 2.41. The number of likely N-dealkylation sites (tertiary alicyclic amines) is 1. The predicted octanol–water partition coefficient (Wildman–Crippen LogP) is 3.13. The normalized spacial score (nSPS) is 42.5. The Balaban J connectivity index is 1.59. The van der Waals surface area contributed by atoms with Crippen LogP contribution in [0.3, 0.4) is 0 Å². The molecule has 0 amide bonds. The highest BCUT2D eigenvalue weighted by molar-refractivity contribution is 4.96. The minimum atomic E-state index is 0.479. The molecular weight excluding hydrogens is 232 g/mol. The zero-order valence-electron chi connectivity index (χ0n) is 13.1. The van der Waals surface area contributed by atoms with Crippen molar-refractivity contribution in [1.82, 2.24) is 10.2 Å². The van der Waals surface area contributed by atoms with Crippen LogP contribution >= 0.6 is 0 Å². The molecule has 1 N–H and O–H groups in total. The van der Waals surface area contributed by atoms with E-state index in [4.69, 9.17) is 0 Å². The van der Waals surface area contributed by atoms with Crippen molar-refractivity contribution in [1.29, 1.82) is 0 Å². The first-order valence-corrected chi connectivity index (χ1v) is 8.50. The van der Waals surface area contributed by atoms with Gasteiger partial charge < -0.3 is 10.2 Å². The van der Waals surface area contributed by atoms with Crippen LogP contribution in [-0.2, 0) is 0 Å². The van der Waals surface area contributed by atoms with Gasteiger partial charge in [-0.15, -0.1) is 0 Å². The van der Waals surface area contributed by atoms with E-state index in [-0.39, 0.29) is 0 Å². The van der Waals surface area contributed by atoms with E-state index in [1.54, 1.807) is 0 Å². The van der Waals surface area contributed by atoms with E-state index in [0.29, 0.717) is 11.5 Å². The first-order chi connectivity index (χ1) is 9.10. The van der Waals surface area contributed by atoms with Gasteiger partial charge in [-0.2, -0.15) is 0 Å². The summed E-state index contributed by atoms with van der Waals surface area (Å²) >= 11 is 0. The Kier molecular flexibility index (Phi) is 3.92. The standard InChI is InChI=1S/C17H32N2/c1-17(2)9-5-8-15(16(17)18-3)12-19-10-13-6-4-7-14(13)11-19/h13-16,18H,4-12H2,1-3H3. The molecule has 0 spiro atoms. The lowest BCUT2D eigenvalue weighted by molar-refractivity contribution is 0.0879. The highest BCUT2D eigenvalue weighted by atomic mass is 15.2. The van der Waals surface area contributed by atoms with Crippen molar-refractivity contribution in [2.24, 2.45) is 23.2 Å². The zero-order valence-corrected chi connectivity index (χ0v) is 13.1. The minimum Gasteiger partial charge on any atom is -0.316 e. The van der Waals surface area contributed by atoms with Gasteiger partial charge in [0.05, 0.1) is 0 Å². The van der Waals surface area contributed by atoms with Crippen molar-refractivity contribution < 1.29 is 0 Å². The second-order valence-corrected chi connectivity index (χ2v) is 8.08. The van der Waals surface area contributed by atoms with Gasteiger partial charge in [0.1, 0.15) is 0 Å². The molecule has 3 rings (SSSR count). The van der Waals surface area contributed by atoms with E-state index in [9.17, 15) is 0 Å². The Morgan fingerprint density at radius 3 is 2.37 bits per heavy atom. The van der Waals surface area contributed by atoms with Gasteiger partial charge in [-0.1, -0.05) is 26.7 Å². The van der Waals surface area contributed by atoms with E-state index in [2.05, 4.69) is 31.1 Å². The highest BCUT2D eigenvalue weighted by Crippen LogP contribution is 2.42. The summed E-state index contributed by atoms with van der Waals surface area (Å²) in [6.45, 7) is 9.07. The lowest BCUT2D eigenvalue weighted by atomic mass is 9.68. The molecule has 0 aromatic rings. The molecule has 2 nitrogen and oxygen atoms in total. The van der Waals surface area contributed by atoms with Crippen molar-refractivity contribution in [3.05, 3.63) is 0 Å². The molecule has 110 valence electrons. The summed E-state index contributed by atoms with van der Waals surface area (Å²) in [5.74, 6) is 2.96. The summed E-state index contributed by atoms with van der Waals surface area (Å²) in [6.07, 6.45) is 8.76. The molecule has 19 heavy (non-hydrogen) atoms. The maximum absolute atomic E-state index is 3.64. The lowest BCUT2D eigenvalue weighted by Gasteiger charge is -2.45. The van der Waals surface area contributed by atoms with Crippen LogP contribution in [-0.4, -0.2) is 37.6 Å². The van der Waals surface area contributed by atoms with Gasteiger partial charge >= 0.3 is 0 Å². The fourth-order valence-corrected chi connectivity index (χ4v) is 5.42. The topological polar surface area (TPSA) is 15.3 Å². The van der Waals surface area contributed by atoms with Crippen LogP contribution in [0.15, 0.2) is 0 Å². The molecule has 1 heterocycles. The van der Waals surface area contributed by atoms with E-state index in [1.807, 2.05) is 0 Å². The molecule has 1 aliphatic heterocycles. The Morgan fingerprint density at radius 1 is 1.05 bits per heavy atom. The number of nitrogens with zero attached hydrogens (tertiary/aromatic N) is 1. The van der Waals surface area contributed by atoms with Crippen molar-refractivity contribution in [2.75, 3.05) is 26.7 Å². The maximum Gasteiger partial charge on any atom is 0.0156 e. The summed E-state index contributed by atoms with van der Waals surface area (Å²) < 4.78 is 0.